The van der Waals surface area contributed by atoms with Gasteiger partial charge in [0.05, 0.1) is 0 Å². The van der Waals surface area contributed by atoms with Crippen molar-refractivity contribution in [2.24, 2.45) is 0 Å². The fourth-order valence-electron chi connectivity index (χ4n) is 0.792. The smallest absolute Gasteiger partial charge is 0.151 e. The maximum atomic E-state index is 10.6. The first kappa shape index (κ1) is 10.5. The van der Waals surface area contributed by atoms with Crippen molar-refractivity contribution >= 4 is 56.6 Å². The van der Waals surface area contributed by atoms with Crippen LogP contribution in [0, 0.1) is 3.57 Å². The second-order valence-corrected chi connectivity index (χ2v) is 4.99. The van der Waals surface area contributed by atoms with E-state index in [0.29, 0.717) is 5.56 Å². The lowest BCUT2D eigenvalue weighted by Crippen LogP contribution is -1.86. The molecule has 0 spiro atoms. The van der Waals surface area contributed by atoms with E-state index in [1.807, 2.05) is 18.4 Å². The molecule has 0 amide bonds. The van der Waals surface area contributed by atoms with E-state index in [-0.39, 0.29) is 0 Å². The van der Waals surface area contributed by atoms with Crippen molar-refractivity contribution in [1.29, 1.82) is 0 Å². The number of rotatable bonds is 2. The molecule has 0 atom stereocenters. The number of halogens is 2. The van der Waals surface area contributed by atoms with E-state index in [1.54, 1.807) is 11.8 Å². The second kappa shape index (κ2) is 4.62. The number of benzene rings is 1. The summed E-state index contributed by atoms with van der Waals surface area (Å²) < 4.78 is 2.03. The van der Waals surface area contributed by atoms with Crippen molar-refractivity contribution in [3.63, 3.8) is 0 Å². The highest BCUT2D eigenvalue weighted by atomic mass is 127. The highest BCUT2D eigenvalue weighted by Gasteiger charge is 2.04. The molecule has 4 heteroatoms. The number of aldehydes is 1. The van der Waals surface area contributed by atoms with Crippen LogP contribution in [0.5, 0.6) is 0 Å². The molecule has 0 saturated heterocycles. The topological polar surface area (TPSA) is 17.1 Å². The van der Waals surface area contributed by atoms with Gasteiger partial charge in [-0.25, -0.2) is 0 Å². The Balaban J connectivity index is 3.26. The van der Waals surface area contributed by atoms with Crippen LogP contribution in [-0.4, -0.2) is 12.5 Å². The monoisotopic (exact) mass is 356 g/mol. The molecule has 0 heterocycles. The van der Waals surface area contributed by atoms with Crippen molar-refractivity contribution in [3.8, 4) is 0 Å². The Morgan fingerprint density at radius 1 is 1.58 bits per heavy atom. The fourth-order valence-corrected chi connectivity index (χ4v) is 3.28. The first-order valence-corrected chi connectivity index (χ1v) is 6.27. The Labute approximate surface area is 97.6 Å². The van der Waals surface area contributed by atoms with Crippen molar-refractivity contribution in [1.82, 2.24) is 0 Å². The number of carbonyl (C=O) groups excluding carboxylic acids is 1. The minimum Gasteiger partial charge on any atom is -0.298 e. The summed E-state index contributed by atoms with van der Waals surface area (Å²) >= 11 is 7.22. The molecule has 1 aromatic carbocycles. The van der Waals surface area contributed by atoms with Crippen LogP contribution < -0.4 is 0 Å². The number of hydrogen-bond donors (Lipinski definition) is 0. The van der Waals surface area contributed by atoms with Gasteiger partial charge in [0.2, 0.25) is 0 Å². The Bertz CT molecular complexity index is 314. The Kier molecular flexibility index (Phi) is 4.05. The van der Waals surface area contributed by atoms with Gasteiger partial charge >= 0.3 is 0 Å². The van der Waals surface area contributed by atoms with Crippen LogP contribution in [0.1, 0.15) is 10.4 Å². The van der Waals surface area contributed by atoms with E-state index in [4.69, 9.17) is 0 Å². The average molecular weight is 357 g/mol. The van der Waals surface area contributed by atoms with Crippen LogP contribution in [0.3, 0.4) is 0 Å². The van der Waals surface area contributed by atoms with Gasteiger partial charge in [0.25, 0.3) is 0 Å². The molecular formula is C8H6BrIOS. The van der Waals surface area contributed by atoms with Gasteiger partial charge in [0.1, 0.15) is 0 Å². The molecule has 0 bridgehead atoms. The van der Waals surface area contributed by atoms with Gasteiger partial charge in [-0.15, -0.1) is 11.8 Å². The molecule has 0 N–H and O–H groups in total. The predicted molar refractivity (Wildman–Crippen MR) is 64.0 cm³/mol. The lowest BCUT2D eigenvalue weighted by Gasteiger charge is -2.03. The number of thioether (sulfide) groups is 1. The molecule has 64 valence electrons. The summed E-state index contributed by atoms with van der Waals surface area (Å²) in [4.78, 5) is 11.7. The average Bonchev–Trinajstić information content (AvgIpc) is 2.05. The van der Waals surface area contributed by atoms with Gasteiger partial charge in [-0.1, -0.05) is 15.9 Å². The van der Waals surface area contributed by atoms with Crippen LogP contribution >= 0.6 is 50.3 Å². The summed E-state index contributed by atoms with van der Waals surface area (Å²) in [5.41, 5.74) is 0.708. The highest BCUT2D eigenvalue weighted by Crippen LogP contribution is 2.27. The molecule has 0 unspecified atom stereocenters. The van der Waals surface area contributed by atoms with E-state index in [2.05, 4.69) is 38.5 Å². The maximum absolute atomic E-state index is 10.6. The van der Waals surface area contributed by atoms with Crippen molar-refractivity contribution < 1.29 is 4.79 Å². The largest absolute Gasteiger partial charge is 0.298 e. The van der Waals surface area contributed by atoms with E-state index in [1.165, 1.54) is 0 Å². The summed E-state index contributed by atoms with van der Waals surface area (Å²) in [7, 11) is 0. The summed E-state index contributed by atoms with van der Waals surface area (Å²) in [6, 6.07) is 3.85. The zero-order valence-electron chi connectivity index (χ0n) is 6.30. The molecule has 0 radical (unpaired) electrons. The Hall–Kier alpha value is 0.450. The zero-order chi connectivity index (χ0) is 9.14. The van der Waals surface area contributed by atoms with Crippen molar-refractivity contribution in [3.05, 3.63) is 25.7 Å². The number of carbonyl (C=O) groups is 1. The third kappa shape index (κ3) is 2.23. The third-order valence-electron chi connectivity index (χ3n) is 1.40. The minimum absolute atomic E-state index is 0.708. The Morgan fingerprint density at radius 2 is 2.25 bits per heavy atom. The lowest BCUT2D eigenvalue weighted by molar-refractivity contribution is 0.112. The minimum atomic E-state index is 0.708. The molecule has 12 heavy (non-hydrogen) atoms. The van der Waals surface area contributed by atoms with Crippen molar-refractivity contribution in [2.75, 3.05) is 6.26 Å². The van der Waals surface area contributed by atoms with Crippen molar-refractivity contribution in [2.45, 2.75) is 4.90 Å². The normalized spacial score (nSPS) is 9.92. The van der Waals surface area contributed by atoms with Crippen LogP contribution in [0.2, 0.25) is 0 Å². The van der Waals surface area contributed by atoms with Gasteiger partial charge in [-0.05, 0) is 41.0 Å². The predicted octanol–water partition coefficient (Wildman–Crippen LogP) is 3.59. The van der Waals surface area contributed by atoms with E-state index in [9.17, 15) is 4.79 Å². The molecule has 1 rings (SSSR count). The SMILES string of the molecule is CSc1cc(C=O)c(Br)cc1I. The fraction of sp³-hybridized carbons (Fsp3) is 0.125. The van der Waals surface area contributed by atoms with Gasteiger partial charge < -0.3 is 0 Å². The summed E-state index contributed by atoms with van der Waals surface area (Å²) in [5.74, 6) is 0. The van der Waals surface area contributed by atoms with Gasteiger partial charge in [0.15, 0.2) is 6.29 Å². The molecule has 1 nitrogen and oxygen atoms in total. The summed E-state index contributed by atoms with van der Waals surface area (Å²) in [6.45, 7) is 0. The molecule has 0 aliphatic rings. The lowest BCUT2D eigenvalue weighted by atomic mass is 10.2. The first-order valence-electron chi connectivity index (χ1n) is 3.17. The molecular weight excluding hydrogens is 351 g/mol. The van der Waals surface area contributed by atoms with E-state index in [0.717, 1.165) is 19.2 Å². The van der Waals surface area contributed by atoms with E-state index >= 15 is 0 Å². The number of hydrogen-bond acceptors (Lipinski definition) is 2. The molecule has 1 aromatic rings. The quantitative estimate of drug-likeness (QED) is 0.457. The highest BCUT2D eigenvalue weighted by molar-refractivity contribution is 14.1. The van der Waals surface area contributed by atoms with Crippen LogP contribution in [0.4, 0.5) is 0 Å². The van der Waals surface area contributed by atoms with Gasteiger partial charge in [0, 0.05) is 18.5 Å². The molecule has 0 aromatic heterocycles. The maximum Gasteiger partial charge on any atom is 0.151 e. The van der Waals surface area contributed by atoms with Crippen LogP contribution in [-0.2, 0) is 0 Å². The first-order chi connectivity index (χ1) is 5.69. The van der Waals surface area contributed by atoms with Gasteiger partial charge in [-0.2, -0.15) is 0 Å². The van der Waals surface area contributed by atoms with Crippen LogP contribution in [0.25, 0.3) is 0 Å². The molecule has 0 fully saturated rings. The Morgan fingerprint density at radius 3 is 2.75 bits per heavy atom. The second-order valence-electron chi connectivity index (χ2n) is 2.13. The van der Waals surface area contributed by atoms with Crippen LogP contribution in [0.15, 0.2) is 21.5 Å². The summed E-state index contributed by atoms with van der Waals surface area (Å²) in [5, 5.41) is 0. The molecule has 0 aliphatic carbocycles. The molecule has 0 aliphatic heterocycles. The molecule has 0 saturated carbocycles. The zero-order valence-corrected chi connectivity index (χ0v) is 10.9. The van der Waals surface area contributed by atoms with Gasteiger partial charge in [-0.3, -0.25) is 4.79 Å². The summed E-state index contributed by atoms with van der Waals surface area (Å²) in [6.07, 6.45) is 2.86. The standard InChI is InChI=1S/C8H6BrIOS/c1-12-8-2-5(4-11)6(9)3-7(8)10/h2-4H,1H3. The van der Waals surface area contributed by atoms with E-state index < -0.39 is 0 Å². The third-order valence-corrected chi connectivity index (χ3v) is 4.12.